The molecule has 2 rings (SSSR count). The second-order valence-corrected chi connectivity index (χ2v) is 4.99. The van der Waals surface area contributed by atoms with E-state index in [2.05, 4.69) is 0 Å². The Balaban J connectivity index is 2.82. The Morgan fingerprint density at radius 3 is 2.31 bits per heavy atom. The molecule has 0 bridgehead atoms. The summed E-state index contributed by atoms with van der Waals surface area (Å²) in [5.41, 5.74) is 2.38. The van der Waals surface area contributed by atoms with Crippen molar-refractivity contribution in [2.24, 2.45) is 0 Å². The minimum absolute atomic E-state index is 0.00412. The first-order chi connectivity index (χ1) is 7.54. The molecule has 2 aliphatic carbocycles. The molecule has 0 saturated heterocycles. The molecular formula is C12H12O3S. The summed E-state index contributed by atoms with van der Waals surface area (Å²) in [4.78, 5) is -0.00412. The fourth-order valence-corrected chi connectivity index (χ4v) is 2.61. The molecule has 0 atom stereocenters. The van der Waals surface area contributed by atoms with Gasteiger partial charge in [-0.25, -0.2) is 0 Å². The van der Waals surface area contributed by atoms with E-state index < -0.39 is 10.1 Å². The van der Waals surface area contributed by atoms with Gasteiger partial charge in [0, 0.05) is 5.56 Å². The van der Waals surface area contributed by atoms with Crippen LogP contribution in [-0.4, -0.2) is 13.0 Å². The highest BCUT2D eigenvalue weighted by Crippen LogP contribution is 2.34. The Kier molecular flexibility index (Phi) is 2.69. The lowest BCUT2D eigenvalue weighted by Gasteiger charge is -1.98. The molecule has 0 aromatic rings. The van der Waals surface area contributed by atoms with E-state index in [9.17, 15) is 8.42 Å². The molecule has 0 aromatic carbocycles. The minimum atomic E-state index is -4.15. The molecule has 0 unspecified atom stereocenters. The first-order valence-corrected chi connectivity index (χ1v) is 6.46. The summed E-state index contributed by atoms with van der Waals surface area (Å²) in [5, 5.41) is 0. The highest BCUT2D eigenvalue weighted by atomic mass is 32.2. The summed E-state index contributed by atoms with van der Waals surface area (Å²) in [5.74, 6) is 0. The van der Waals surface area contributed by atoms with E-state index in [-0.39, 0.29) is 4.90 Å². The molecule has 4 heteroatoms. The predicted molar refractivity (Wildman–Crippen MR) is 62.3 cm³/mol. The third-order valence-electron chi connectivity index (χ3n) is 2.61. The first kappa shape index (κ1) is 11.1. The van der Waals surface area contributed by atoms with Crippen LogP contribution in [0, 0.1) is 0 Å². The summed E-state index contributed by atoms with van der Waals surface area (Å²) >= 11 is 0. The second-order valence-electron chi connectivity index (χ2n) is 3.60. The van der Waals surface area contributed by atoms with Crippen LogP contribution in [-0.2, 0) is 16.5 Å². The standard InChI is InChI=1S/C12H12O3S/c1-2-9-8-12(16(13,14)15)11-7-5-3-4-6-10(9)11/h3-8H,2H2,1H3,(H,13,14,15). The molecule has 84 valence electrons. The van der Waals surface area contributed by atoms with E-state index in [0.717, 1.165) is 17.5 Å². The fraction of sp³-hybridized carbons (Fsp3) is 0.167. The fourth-order valence-electron chi connectivity index (χ4n) is 1.86. The van der Waals surface area contributed by atoms with Crippen LogP contribution in [0.15, 0.2) is 41.3 Å². The van der Waals surface area contributed by atoms with E-state index in [4.69, 9.17) is 4.55 Å². The van der Waals surface area contributed by atoms with Gasteiger partial charge in [-0.3, -0.25) is 4.55 Å². The van der Waals surface area contributed by atoms with Gasteiger partial charge in [0.15, 0.2) is 0 Å². The van der Waals surface area contributed by atoms with Crippen molar-refractivity contribution >= 4 is 10.1 Å². The molecule has 1 N–H and O–H groups in total. The molecule has 0 fully saturated rings. The van der Waals surface area contributed by atoms with E-state index in [0.29, 0.717) is 5.56 Å². The van der Waals surface area contributed by atoms with Crippen LogP contribution in [0.25, 0.3) is 11.1 Å². The van der Waals surface area contributed by atoms with Gasteiger partial charge in [-0.15, -0.1) is 0 Å². The van der Waals surface area contributed by atoms with Crippen molar-refractivity contribution in [1.29, 1.82) is 0 Å². The largest absolute Gasteiger partial charge is 0.295 e. The van der Waals surface area contributed by atoms with Crippen molar-refractivity contribution in [3.63, 3.8) is 0 Å². The lowest BCUT2D eigenvalue weighted by Crippen LogP contribution is -1.96. The lowest BCUT2D eigenvalue weighted by atomic mass is 10.1. The Bertz CT molecular complexity index is 587. The van der Waals surface area contributed by atoms with Crippen molar-refractivity contribution in [1.82, 2.24) is 0 Å². The van der Waals surface area contributed by atoms with E-state index in [1.165, 1.54) is 0 Å². The van der Waals surface area contributed by atoms with E-state index in [1.807, 2.05) is 25.1 Å². The Labute approximate surface area is 94.8 Å². The number of fused-ring (bicyclic) bond motifs is 1. The summed E-state index contributed by atoms with van der Waals surface area (Å²) in [7, 11) is -4.15. The highest BCUT2D eigenvalue weighted by Gasteiger charge is 2.21. The van der Waals surface area contributed by atoms with Crippen molar-refractivity contribution in [3.8, 4) is 11.1 Å². The minimum Gasteiger partial charge on any atom is -0.282 e. The summed E-state index contributed by atoms with van der Waals surface area (Å²) in [6.45, 7) is 1.95. The number of aryl methyl sites for hydroxylation is 1. The third kappa shape index (κ3) is 1.81. The molecule has 3 nitrogen and oxygen atoms in total. The molecule has 0 aromatic heterocycles. The monoisotopic (exact) mass is 236 g/mol. The number of hydrogen-bond donors (Lipinski definition) is 1. The molecule has 0 aliphatic heterocycles. The van der Waals surface area contributed by atoms with Gasteiger partial charge in [-0.2, -0.15) is 8.42 Å². The molecule has 0 radical (unpaired) electrons. The van der Waals surface area contributed by atoms with Crippen LogP contribution in [0.4, 0.5) is 0 Å². The van der Waals surface area contributed by atoms with Crippen LogP contribution in [0.2, 0.25) is 0 Å². The Morgan fingerprint density at radius 1 is 1.12 bits per heavy atom. The quantitative estimate of drug-likeness (QED) is 0.815. The van der Waals surface area contributed by atoms with Gasteiger partial charge in [0.1, 0.15) is 4.90 Å². The molecule has 0 spiro atoms. The first-order valence-electron chi connectivity index (χ1n) is 5.02. The van der Waals surface area contributed by atoms with Crippen molar-refractivity contribution < 1.29 is 13.0 Å². The van der Waals surface area contributed by atoms with Crippen LogP contribution in [0.1, 0.15) is 12.5 Å². The normalized spacial score (nSPS) is 11.9. The maximum atomic E-state index is 11.2. The van der Waals surface area contributed by atoms with Crippen molar-refractivity contribution in [2.45, 2.75) is 18.2 Å². The zero-order valence-electron chi connectivity index (χ0n) is 8.84. The topological polar surface area (TPSA) is 54.4 Å². The molecule has 0 heterocycles. The summed E-state index contributed by atoms with van der Waals surface area (Å²) < 4.78 is 31.6. The zero-order valence-corrected chi connectivity index (χ0v) is 9.66. The van der Waals surface area contributed by atoms with Gasteiger partial charge in [0.2, 0.25) is 0 Å². The van der Waals surface area contributed by atoms with Crippen LogP contribution >= 0.6 is 0 Å². The van der Waals surface area contributed by atoms with Gasteiger partial charge in [0.05, 0.1) is 0 Å². The van der Waals surface area contributed by atoms with Crippen LogP contribution in [0.3, 0.4) is 0 Å². The Morgan fingerprint density at radius 2 is 1.75 bits per heavy atom. The summed E-state index contributed by atoms with van der Waals surface area (Å²) in [6, 6.07) is 10.6. The van der Waals surface area contributed by atoms with Gasteiger partial charge < -0.3 is 0 Å². The maximum absolute atomic E-state index is 11.2. The SMILES string of the molecule is CCc1cc(S(=O)(=O)O)c2cccccc1-2. The van der Waals surface area contributed by atoms with Gasteiger partial charge in [-0.05, 0) is 23.6 Å². The number of rotatable bonds is 2. The molecule has 2 aliphatic rings. The van der Waals surface area contributed by atoms with Gasteiger partial charge in [0.25, 0.3) is 10.1 Å². The van der Waals surface area contributed by atoms with E-state index >= 15 is 0 Å². The van der Waals surface area contributed by atoms with Gasteiger partial charge >= 0.3 is 0 Å². The van der Waals surface area contributed by atoms with E-state index in [1.54, 1.807) is 18.2 Å². The van der Waals surface area contributed by atoms with Crippen LogP contribution < -0.4 is 0 Å². The molecule has 0 saturated carbocycles. The average Bonchev–Trinajstić information content (AvgIpc) is 2.41. The molecule has 16 heavy (non-hydrogen) atoms. The maximum Gasteiger partial charge on any atom is 0.295 e. The van der Waals surface area contributed by atoms with Crippen molar-refractivity contribution in [2.75, 3.05) is 0 Å². The second kappa shape index (κ2) is 3.88. The van der Waals surface area contributed by atoms with Crippen LogP contribution in [0.5, 0.6) is 0 Å². The highest BCUT2D eigenvalue weighted by molar-refractivity contribution is 7.86. The molecular weight excluding hydrogens is 224 g/mol. The number of hydrogen-bond acceptors (Lipinski definition) is 2. The molecule has 0 amide bonds. The third-order valence-corrected chi connectivity index (χ3v) is 3.51. The Hall–Kier alpha value is -1.39. The average molecular weight is 236 g/mol. The van der Waals surface area contributed by atoms with Gasteiger partial charge in [-0.1, -0.05) is 37.3 Å². The smallest absolute Gasteiger partial charge is 0.282 e. The lowest BCUT2D eigenvalue weighted by molar-refractivity contribution is 0.484. The summed E-state index contributed by atoms with van der Waals surface area (Å²) in [6.07, 6.45) is 0.732. The van der Waals surface area contributed by atoms with Crippen molar-refractivity contribution in [3.05, 3.63) is 42.0 Å². The zero-order chi connectivity index (χ0) is 11.8. The predicted octanol–water partition coefficient (Wildman–Crippen LogP) is 2.60.